The van der Waals surface area contributed by atoms with Gasteiger partial charge in [0.05, 0.1) is 28.3 Å². The Hall–Kier alpha value is -4.43. The third-order valence-corrected chi connectivity index (χ3v) is 7.04. The third-order valence-electron chi connectivity index (χ3n) is 5.64. The number of rotatable bonds is 7. The van der Waals surface area contributed by atoms with Crippen LogP contribution in [0.2, 0.25) is 0 Å². The summed E-state index contributed by atoms with van der Waals surface area (Å²) >= 11 is 0. The van der Waals surface area contributed by atoms with Crippen LogP contribution in [0, 0.1) is 0 Å². The van der Waals surface area contributed by atoms with E-state index in [1.165, 1.54) is 24.3 Å². The lowest BCUT2D eigenvalue weighted by molar-refractivity contribution is 0.0943. The van der Waals surface area contributed by atoms with Crippen molar-refractivity contribution in [1.82, 2.24) is 15.3 Å². The molecule has 1 aromatic heterocycles. The molecule has 0 radical (unpaired) electrons. The summed E-state index contributed by atoms with van der Waals surface area (Å²) in [6.07, 6.45) is 1.63. The number of nitrogens with zero attached hydrogens (tertiary/aromatic N) is 1. The molecule has 0 aliphatic carbocycles. The Kier molecular flexibility index (Phi) is 6.03. The summed E-state index contributed by atoms with van der Waals surface area (Å²) in [7, 11) is -3.77. The van der Waals surface area contributed by atoms with Crippen LogP contribution in [0.15, 0.2) is 114 Å². The van der Waals surface area contributed by atoms with Crippen LogP contribution in [0.1, 0.15) is 27.5 Å². The number of sulfonamides is 1. The molecule has 174 valence electrons. The number of anilines is 1. The molecule has 0 fully saturated rings. The maximum atomic E-state index is 13.2. The Morgan fingerprint density at radius 1 is 0.800 bits per heavy atom. The van der Waals surface area contributed by atoms with Crippen molar-refractivity contribution in [2.45, 2.75) is 10.9 Å². The highest BCUT2D eigenvalue weighted by atomic mass is 32.2. The predicted molar refractivity (Wildman–Crippen MR) is 136 cm³/mol. The Morgan fingerprint density at radius 3 is 2.20 bits per heavy atom. The first kappa shape index (κ1) is 22.4. The number of nitrogens with one attached hydrogen (secondary N) is 3. The van der Waals surface area contributed by atoms with Gasteiger partial charge in [0.1, 0.15) is 0 Å². The van der Waals surface area contributed by atoms with Gasteiger partial charge in [-0.1, -0.05) is 54.6 Å². The molecule has 1 unspecified atom stereocenters. The fourth-order valence-corrected chi connectivity index (χ4v) is 4.92. The van der Waals surface area contributed by atoms with Crippen LogP contribution >= 0.6 is 0 Å². The molecule has 0 aliphatic heterocycles. The van der Waals surface area contributed by atoms with Crippen LogP contribution in [0.5, 0.6) is 0 Å². The van der Waals surface area contributed by atoms with Gasteiger partial charge in [-0.15, -0.1) is 0 Å². The number of fused-ring (bicyclic) bond motifs is 1. The number of amides is 1. The van der Waals surface area contributed by atoms with Gasteiger partial charge in [0.25, 0.3) is 15.9 Å². The largest absolute Gasteiger partial charge is 0.345 e. The average molecular weight is 483 g/mol. The summed E-state index contributed by atoms with van der Waals surface area (Å²) < 4.78 is 27.9. The van der Waals surface area contributed by atoms with Crippen molar-refractivity contribution < 1.29 is 13.2 Å². The molecule has 8 heteroatoms. The van der Waals surface area contributed by atoms with Gasteiger partial charge in [0, 0.05) is 11.3 Å². The molecule has 5 rings (SSSR count). The minimum absolute atomic E-state index is 0.0715. The Morgan fingerprint density at radius 2 is 1.49 bits per heavy atom. The molecule has 35 heavy (non-hydrogen) atoms. The van der Waals surface area contributed by atoms with E-state index in [4.69, 9.17) is 0 Å². The number of carbonyl (C=O) groups excluding carboxylic acids is 1. The molecule has 0 saturated carbocycles. The van der Waals surface area contributed by atoms with Gasteiger partial charge < -0.3 is 10.3 Å². The highest BCUT2D eigenvalue weighted by Gasteiger charge is 2.20. The Bertz CT molecular complexity index is 1570. The number of H-pyrrole nitrogens is 1. The topological polar surface area (TPSA) is 104 Å². The molecule has 1 amide bonds. The van der Waals surface area contributed by atoms with Crippen molar-refractivity contribution in [3.63, 3.8) is 0 Å². The third kappa shape index (κ3) is 4.92. The van der Waals surface area contributed by atoms with Crippen molar-refractivity contribution in [3.8, 4) is 0 Å². The lowest BCUT2D eigenvalue weighted by Gasteiger charge is -2.20. The summed E-state index contributed by atoms with van der Waals surface area (Å²) in [5.74, 6) is -0.316. The predicted octanol–water partition coefficient (Wildman–Crippen LogP) is 4.88. The van der Waals surface area contributed by atoms with E-state index in [1.54, 1.807) is 36.7 Å². The normalized spacial score (nSPS) is 12.2. The average Bonchev–Trinajstić information content (AvgIpc) is 3.36. The maximum absolute atomic E-state index is 13.2. The monoisotopic (exact) mass is 482 g/mol. The van der Waals surface area contributed by atoms with Gasteiger partial charge in [0.15, 0.2) is 0 Å². The second-order valence-electron chi connectivity index (χ2n) is 7.99. The second kappa shape index (κ2) is 9.44. The molecule has 3 N–H and O–H groups in total. The van der Waals surface area contributed by atoms with Crippen molar-refractivity contribution in [2.24, 2.45) is 0 Å². The first-order valence-electron chi connectivity index (χ1n) is 11.0. The van der Waals surface area contributed by atoms with Crippen LogP contribution in [0.25, 0.3) is 11.0 Å². The number of imidazole rings is 1. The van der Waals surface area contributed by atoms with Crippen molar-refractivity contribution in [1.29, 1.82) is 0 Å². The molecule has 0 aliphatic rings. The number of carbonyl (C=O) groups is 1. The minimum atomic E-state index is -3.77. The smallest absolute Gasteiger partial charge is 0.261 e. The first-order chi connectivity index (χ1) is 17.0. The number of hydrogen-bond acceptors (Lipinski definition) is 4. The van der Waals surface area contributed by atoms with E-state index < -0.39 is 16.1 Å². The first-order valence-corrected chi connectivity index (χ1v) is 12.4. The van der Waals surface area contributed by atoms with E-state index in [0.29, 0.717) is 11.3 Å². The number of hydrogen-bond donors (Lipinski definition) is 3. The fraction of sp³-hybridized carbons (Fsp3) is 0.0370. The van der Waals surface area contributed by atoms with Crippen LogP contribution in [0.4, 0.5) is 5.69 Å². The summed E-state index contributed by atoms with van der Waals surface area (Å²) in [5, 5.41) is 3.08. The molecule has 0 bridgehead atoms. The number of para-hydroxylation sites is 1. The summed E-state index contributed by atoms with van der Waals surface area (Å²) in [5.41, 5.74) is 4.35. The quantitative estimate of drug-likeness (QED) is 0.307. The van der Waals surface area contributed by atoms with Crippen LogP contribution in [-0.4, -0.2) is 24.3 Å². The molecule has 4 aromatic carbocycles. The van der Waals surface area contributed by atoms with E-state index >= 15 is 0 Å². The number of aromatic nitrogens is 2. The van der Waals surface area contributed by atoms with Crippen LogP contribution in [0.3, 0.4) is 0 Å². The van der Waals surface area contributed by atoms with Crippen molar-refractivity contribution >= 4 is 32.7 Å². The van der Waals surface area contributed by atoms with Crippen molar-refractivity contribution in [3.05, 3.63) is 126 Å². The van der Waals surface area contributed by atoms with E-state index in [0.717, 1.165) is 22.2 Å². The minimum Gasteiger partial charge on any atom is -0.345 e. The number of benzene rings is 4. The molecule has 7 nitrogen and oxygen atoms in total. The van der Waals surface area contributed by atoms with Gasteiger partial charge in [0.2, 0.25) is 0 Å². The lowest BCUT2D eigenvalue weighted by atomic mass is 9.97. The lowest BCUT2D eigenvalue weighted by Crippen LogP contribution is -2.29. The maximum Gasteiger partial charge on any atom is 0.261 e. The molecule has 1 atom stereocenters. The Balaban J connectivity index is 1.39. The van der Waals surface area contributed by atoms with E-state index in [2.05, 4.69) is 20.0 Å². The van der Waals surface area contributed by atoms with Gasteiger partial charge in [-0.3, -0.25) is 9.52 Å². The fourth-order valence-electron chi connectivity index (χ4n) is 3.86. The van der Waals surface area contributed by atoms with E-state index in [-0.39, 0.29) is 10.8 Å². The Labute approximate surface area is 202 Å². The summed E-state index contributed by atoms with van der Waals surface area (Å²) in [4.78, 5) is 20.6. The number of aromatic amines is 1. The highest BCUT2D eigenvalue weighted by molar-refractivity contribution is 7.92. The molecule has 0 saturated heterocycles. The zero-order chi connectivity index (χ0) is 24.3. The highest BCUT2D eigenvalue weighted by Crippen LogP contribution is 2.25. The molecule has 1 heterocycles. The van der Waals surface area contributed by atoms with E-state index in [9.17, 15) is 13.2 Å². The second-order valence-corrected chi connectivity index (χ2v) is 9.67. The van der Waals surface area contributed by atoms with E-state index in [1.807, 2.05) is 48.5 Å². The molecule has 0 spiro atoms. The summed E-state index contributed by atoms with van der Waals surface area (Å²) in [6.45, 7) is 0. The molecular formula is C27H22N4O3S. The zero-order valence-corrected chi connectivity index (χ0v) is 19.4. The van der Waals surface area contributed by atoms with Gasteiger partial charge >= 0.3 is 0 Å². The van der Waals surface area contributed by atoms with Gasteiger partial charge in [-0.2, -0.15) is 0 Å². The standard InChI is InChI=1S/C27H22N4O3S/c32-27(20-11-14-23(15-12-20)35(33,34)31-22-9-5-2-6-10-22)30-26(19-7-3-1-4-8-19)21-13-16-24-25(17-21)29-18-28-24/h1-18,26,31H,(H,28,29)(H,30,32). The van der Waals surface area contributed by atoms with Crippen LogP contribution < -0.4 is 10.0 Å². The summed E-state index contributed by atoms with van der Waals surface area (Å²) in [6, 6.07) is 29.6. The molecular weight excluding hydrogens is 460 g/mol. The zero-order valence-electron chi connectivity index (χ0n) is 18.5. The van der Waals surface area contributed by atoms with Crippen molar-refractivity contribution in [2.75, 3.05) is 4.72 Å². The SMILES string of the molecule is O=C(NC(c1ccccc1)c1ccc2nc[nH]c2c1)c1ccc(S(=O)(=O)Nc2ccccc2)cc1. The molecule has 5 aromatic rings. The van der Waals surface area contributed by atoms with Crippen LogP contribution in [-0.2, 0) is 10.0 Å². The van der Waals surface area contributed by atoms with Gasteiger partial charge in [-0.05, 0) is 59.7 Å². The van der Waals surface area contributed by atoms with Gasteiger partial charge in [-0.25, -0.2) is 13.4 Å².